The van der Waals surface area contributed by atoms with Gasteiger partial charge in [-0.15, -0.1) is 0 Å². The third-order valence-electron chi connectivity index (χ3n) is 6.23. The quantitative estimate of drug-likeness (QED) is 0.703. The molecule has 1 amide bonds. The van der Waals surface area contributed by atoms with Crippen LogP contribution in [0.4, 0.5) is 4.79 Å². The zero-order valence-corrected chi connectivity index (χ0v) is 16.0. The van der Waals surface area contributed by atoms with E-state index in [2.05, 4.69) is 34.6 Å². The number of hydrogen-bond donors (Lipinski definition) is 2. The lowest BCUT2D eigenvalue weighted by Gasteiger charge is -2.42. The van der Waals surface area contributed by atoms with Crippen molar-refractivity contribution < 1.29 is 9.53 Å². The molecule has 1 saturated carbocycles. The van der Waals surface area contributed by atoms with E-state index >= 15 is 0 Å². The highest BCUT2D eigenvalue weighted by Crippen LogP contribution is 2.45. The lowest BCUT2D eigenvalue weighted by molar-refractivity contribution is 0.109. The van der Waals surface area contributed by atoms with Crippen LogP contribution in [0.25, 0.3) is 11.1 Å². The maximum Gasteiger partial charge on any atom is 0.407 e. The zero-order valence-electron chi connectivity index (χ0n) is 16.0. The van der Waals surface area contributed by atoms with E-state index < -0.39 is 11.6 Å². The van der Waals surface area contributed by atoms with Gasteiger partial charge in [-0.25, -0.2) is 4.79 Å². The normalized spacial score (nSPS) is 16.4. The number of amides is 1. The van der Waals surface area contributed by atoms with Gasteiger partial charge in [-0.1, -0.05) is 48.5 Å². The van der Waals surface area contributed by atoms with Crippen LogP contribution in [0.5, 0.6) is 0 Å². The van der Waals surface area contributed by atoms with Crippen LogP contribution in [0.1, 0.15) is 41.9 Å². The molecule has 146 valence electrons. The predicted molar refractivity (Wildman–Crippen MR) is 111 cm³/mol. The third kappa shape index (κ3) is 3.03. The van der Waals surface area contributed by atoms with E-state index in [4.69, 9.17) is 4.74 Å². The number of aromatic nitrogens is 1. The molecule has 0 atom stereocenters. The summed E-state index contributed by atoms with van der Waals surface area (Å²) in [5.41, 5.74) is 5.12. The van der Waals surface area contributed by atoms with Gasteiger partial charge in [0.1, 0.15) is 6.61 Å². The Morgan fingerprint density at radius 2 is 1.66 bits per heavy atom. The Hall–Kier alpha value is -3.34. The lowest BCUT2D eigenvalue weighted by Crippen LogP contribution is -2.51. The monoisotopic (exact) mass is 386 g/mol. The topological polar surface area (TPSA) is 71.2 Å². The minimum absolute atomic E-state index is 0.0403. The molecule has 0 radical (unpaired) electrons. The van der Waals surface area contributed by atoms with Crippen molar-refractivity contribution >= 4 is 6.09 Å². The Morgan fingerprint density at radius 1 is 1.00 bits per heavy atom. The molecule has 29 heavy (non-hydrogen) atoms. The van der Waals surface area contributed by atoms with Crippen molar-refractivity contribution in [3.8, 4) is 11.1 Å². The molecule has 0 aliphatic heterocycles. The molecule has 1 fully saturated rings. The molecule has 0 spiro atoms. The minimum atomic E-state index is -0.452. The average molecular weight is 386 g/mol. The van der Waals surface area contributed by atoms with E-state index in [-0.39, 0.29) is 11.5 Å². The van der Waals surface area contributed by atoms with Crippen LogP contribution in [-0.2, 0) is 10.3 Å². The van der Waals surface area contributed by atoms with Crippen LogP contribution >= 0.6 is 0 Å². The number of alkyl carbamates (subject to hydrolysis) is 1. The fraction of sp³-hybridized carbons (Fsp3) is 0.250. The summed E-state index contributed by atoms with van der Waals surface area (Å²) in [6.07, 6.45) is 3.97. The SMILES string of the molecule is O=C(NC1(c2ccc(=O)[nH]c2)CCC1)OCC1c2ccccc2-c2ccccc21. The highest BCUT2D eigenvalue weighted by atomic mass is 16.5. The molecule has 2 aliphatic rings. The van der Waals surface area contributed by atoms with Gasteiger partial charge < -0.3 is 15.0 Å². The fourth-order valence-corrected chi connectivity index (χ4v) is 4.55. The summed E-state index contributed by atoms with van der Waals surface area (Å²) in [6, 6.07) is 19.9. The minimum Gasteiger partial charge on any atom is -0.449 e. The largest absolute Gasteiger partial charge is 0.449 e. The smallest absolute Gasteiger partial charge is 0.407 e. The highest BCUT2D eigenvalue weighted by Gasteiger charge is 2.41. The van der Waals surface area contributed by atoms with Crippen LogP contribution in [0.2, 0.25) is 0 Å². The van der Waals surface area contributed by atoms with Crippen LogP contribution in [0.15, 0.2) is 71.7 Å². The Kier molecular flexibility index (Phi) is 4.23. The van der Waals surface area contributed by atoms with Gasteiger partial charge in [-0.2, -0.15) is 0 Å². The summed E-state index contributed by atoms with van der Waals surface area (Å²) >= 11 is 0. The summed E-state index contributed by atoms with van der Waals surface area (Å²) in [4.78, 5) is 26.7. The van der Waals surface area contributed by atoms with Gasteiger partial charge in [0.25, 0.3) is 0 Å². The number of carbonyl (C=O) groups is 1. The van der Waals surface area contributed by atoms with E-state index in [1.165, 1.54) is 28.3 Å². The van der Waals surface area contributed by atoms with Gasteiger partial charge in [-0.3, -0.25) is 4.79 Å². The van der Waals surface area contributed by atoms with Gasteiger partial charge in [0, 0.05) is 18.2 Å². The van der Waals surface area contributed by atoms with E-state index in [0.717, 1.165) is 24.8 Å². The van der Waals surface area contributed by atoms with Crippen LogP contribution in [-0.4, -0.2) is 17.7 Å². The second-order valence-corrected chi connectivity index (χ2v) is 7.83. The Bertz CT molecular complexity index is 1060. The molecular weight excluding hydrogens is 364 g/mol. The van der Waals surface area contributed by atoms with Gasteiger partial charge in [0.2, 0.25) is 5.56 Å². The Balaban J connectivity index is 1.32. The van der Waals surface area contributed by atoms with Crippen molar-refractivity contribution in [3.05, 3.63) is 93.9 Å². The number of nitrogens with one attached hydrogen (secondary N) is 2. The first-order chi connectivity index (χ1) is 14.2. The van der Waals surface area contributed by atoms with E-state index in [1.807, 2.05) is 24.3 Å². The van der Waals surface area contributed by atoms with Crippen molar-refractivity contribution in [3.63, 3.8) is 0 Å². The zero-order chi connectivity index (χ0) is 19.8. The summed E-state index contributed by atoms with van der Waals surface area (Å²) in [6.45, 7) is 0.293. The summed E-state index contributed by atoms with van der Waals surface area (Å²) in [5.74, 6) is 0.0403. The molecule has 2 aliphatic carbocycles. The predicted octanol–water partition coefficient (Wildman–Crippen LogP) is 4.29. The molecule has 1 aromatic heterocycles. The number of H-pyrrole nitrogens is 1. The average Bonchev–Trinajstić information content (AvgIpc) is 3.04. The number of pyridine rings is 1. The molecule has 0 unspecified atom stereocenters. The number of carbonyl (C=O) groups excluding carboxylic acids is 1. The number of ether oxygens (including phenoxy) is 1. The lowest BCUT2D eigenvalue weighted by atomic mass is 9.72. The van der Waals surface area contributed by atoms with Crippen molar-refractivity contribution in [1.29, 1.82) is 0 Å². The molecule has 1 heterocycles. The van der Waals surface area contributed by atoms with Gasteiger partial charge in [-0.05, 0) is 53.1 Å². The Morgan fingerprint density at radius 3 is 2.21 bits per heavy atom. The number of benzene rings is 2. The second kappa shape index (κ2) is 6.92. The summed E-state index contributed by atoms with van der Waals surface area (Å²) in [5, 5.41) is 3.05. The van der Waals surface area contributed by atoms with Gasteiger partial charge >= 0.3 is 6.09 Å². The summed E-state index contributed by atoms with van der Waals surface area (Å²) in [7, 11) is 0. The number of aromatic amines is 1. The van der Waals surface area contributed by atoms with Crippen molar-refractivity contribution in [2.24, 2.45) is 0 Å². The standard InChI is InChI=1S/C24H22N2O3/c27-22-11-10-16(14-25-22)24(12-5-13-24)26-23(28)29-15-21-19-8-3-1-6-17(19)18-7-2-4-9-20(18)21/h1-4,6-11,14,21H,5,12-13,15H2,(H,25,27)(H,26,28). The maximum absolute atomic E-state index is 12.7. The molecule has 5 heteroatoms. The van der Waals surface area contributed by atoms with Crippen LogP contribution in [0, 0.1) is 0 Å². The summed E-state index contributed by atoms with van der Waals surface area (Å²) < 4.78 is 5.69. The molecule has 0 bridgehead atoms. The van der Waals surface area contributed by atoms with Crippen LogP contribution < -0.4 is 10.9 Å². The molecule has 3 aromatic rings. The molecule has 5 nitrogen and oxygen atoms in total. The molecular formula is C24H22N2O3. The number of rotatable bonds is 4. The molecule has 2 N–H and O–H groups in total. The van der Waals surface area contributed by atoms with E-state index in [0.29, 0.717) is 6.61 Å². The van der Waals surface area contributed by atoms with Gasteiger partial charge in [0.05, 0.1) is 5.54 Å². The Labute approximate surface area is 168 Å². The third-order valence-corrected chi connectivity index (χ3v) is 6.23. The molecule has 0 saturated heterocycles. The van der Waals surface area contributed by atoms with Crippen LogP contribution in [0.3, 0.4) is 0 Å². The molecule has 5 rings (SSSR count). The maximum atomic E-state index is 12.7. The fourth-order valence-electron chi connectivity index (χ4n) is 4.55. The molecule has 2 aromatic carbocycles. The second-order valence-electron chi connectivity index (χ2n) is 7.83. The van der Waals surface area contributed by atoms with E-state index in [9.17, 15) is 9.59 Å². The van der Waals surface area contributed by atoms with E-state index in [1.54, 1.807) is 12.3 Å². The number of hydrogen-bond acceptors (Lipinski definition) is 3. The number of fused-ring (bicyclic) bond motifs is 3. The van der Waals surface area contributed by atoms with Crippen molar-refractivity contribution in [2.45, 2.75) is 30.7 Å². The van der Waals surface area contributed by atoms with Crippen molar-refractivity contribution in [2.75, 3.05) is 6.61 Å². The first-order valence-corrected chi connectivity index (χ1v) is 9.99. The first kappa shape index (κ1) is 17.7. The first-order valence-electron chi connectivity index (χ1n) is 9.99. The highest BCUT2D eigenvalue weighted by molar-refractivity contribution is 5.79. The van der Waals surface area contributed by atoms with Gasteiger partial charge in [0.15, 0.2) is 0 Å². The van der Waals surface area contributed by atoms with Crippen molar-refractivity contribution in [1.82, 2.24) is 10.3 Å².